The third-order valence-electron chi connectivity index (χ3n) is 2.97. The number of hydrogen-bond acceptors (Lipinski definition) is 7. The van der Waals surface area contributed by atoms with Crippen LogP contribution in [0.25, 0.3) is 0 Å². The van der Waals surface area contributed by atoms with Gasteiger partial charge >= 0.3 is 0 Å². The molecule has 0 radical (unpaired) electrons. The van der Waals surface area contributed by atoms with Crippen molar-refractivity contribution in [3.63, 3.8) is 0 Å². The van der Waals surface area contributed by atoms with E-state index < -0.39 is 14.9 Å². The fraction of sp³-hybridized carbons (Fsp3) is 0.308. The molecule has 0 saturated carbocycles. The Kier molecular flexibility index (Phi) is 5.29. The lowest BCUT2D eigenvalue weighted by atomic mass is 10.4. The van der Waals surface area contributed by atoms with Crippen molar-refractivity contribution in [2.45, 2.75) is 18.7 Å². The molecule has 2 aromatic rings. The zero-order valence-electron chi connectivity index (χ0n) is 12.6. The summed E-state index contributed by atoms with van der Waals surface area (Å²) in [6.45, 7) is 4.12. The molecule has 2 aromatic heterocycles. The van der Waals surface area contributed by atoms with Gasteiger partial charge in [-0.15, -0.1) is 11.3 Å². The number of nitrogens with zero attached hydrogens (tertiary/aromatic N) is 2. The number of aromatic nitrogens is 1. The van der Waals surface area contributed by atoms with E-state index in [1.165, 1.54) is 23.5 Å². The summed E-state index contributed by atoms with van der Waals surface area (Å²) >= 11 is 1.44. The van der Waals surface area contributed by atoms with E-state index in [1.807, 2.05) is 6.92 Å². The number of anilines is 1. The molecule has 2 N–H and O–H groups in total. The molecule has 23 heavy (non-hydrogen) atoms. The van der Waals surface area contributed by atoms with E-state index in [9.17, 15) is 18.5 Å². The van der Waals surface area contributed by atoms with E-state index in [0.29, 0.717) is 17.3 Å². The highest BCUT2D eigenvalue weighted by Crippen LogP contribution is 2.24. The molecule has 8 nitrogen and oxygen atoms in total. The molecule has 2 rings (SSSR count). The smallest absolute Gasteiger partial charge is 0.287 e. The molecular weight excluding hydrogens is 340 g/mol. The standard InChI is InChI=1S/C13H16N4O4S2/c1-9-7-12(10(2)22-9)23(20,21)16-6-5-14-13-4-3-11(8-15-13)17(18)19/h3-4,7-8,16H,5-6H2,1-2H3,(H,14,15). The highest BCUT2D eigenvalue weighted by atomic mass is 32.2. The van der Waals surface area contributed by atoms with Gasteiger partial charge in [0.2, 0.25) is 10.0 Å². The van der Waals surface area contributed by atoms with Crippen molar-refractivity contribution < 1.29 is 13.3 Å². The van der Waals surface area contributed by atoms with Gasteiger partial charge in [-0.1, -0.05) is 0 Å². The van der Waals surface area contributed by atoms with Gasteiger partial charge in [-0.05, 0) is 26.0 Å². The first-order chi connectivity index (χ1) is 10.8. The van der Waals surface area contributed by atoms with Crippen LogP contribution in [0.15, 0.2) is 29.3 Å². The second-order valence-corrected chi connectivity index (χ2v) is 7.96. The van der Waals surface area contributed by atoms with Crippen molar-refractivity contribution in [2.24, 2.45) is 0 Å². The average Bonchev–Trinajstić information content (AvgIpc) is 2.84. The Morgan fingerprint density at radius 2 is 2.04 bits per heavy atom. The lowest BCUT2D eigenvalue weighted by Gasteiger charge is -2.08. The largest absolute Gasteiger partial charge is 0.369 e. The van der Waals surface area contributed by atoms with Crippen LogP contribution in [0.4, 0.5) is 11.5 Å². The van der Waals surface area contributed by atoms with Crippen molar-refractivity contribution in [3.8, 4) is 0 Å². The fourth-order valence-electron chi connectivity index (χ4n) is 1.93. The van der Waals surface area contributed by atoms with Gasteiger partial charge in [-0.25, -0.2) is 18.1 Å². The van der Waals surface area contributed by atoms with Crippen LogP contribution in [0.5, 0.6) is 0 Å². The van der Waals surface area contributed by atoms with Gasteiger partial charge in [0.1, 0.15) is 12.0 Å². The highest BCUT2D eigenvalue weighted by molar-refractivity contribution is 7.89. The number of thiophene rings is 1. The molecule has 0 atom stereocenters. The summed E-state index contributed by atoms with van der Waals surface area (Å²) in [6.07, 6.45) is 1.14. The number of nitrogens with one attached hydrogen (secondary N) is 2. The third-order valence-corrected chi connectivity index (χ3v) is 5.65. The molecule has 0 amide bonds. The van der Waals surface area contributed by atoms with Gasteiger partial charge in [0.05, 0.1) is 9.82 Å². The van der Waals surface area contributed by atoms with E-state index in [-0.39, 0.29) is 12.2 Å². The van der Waals surface area contributed by atoms with E-state index >= 15 is 0 Å². The summed E-state index contributed by atoms with van der Waals surface area (Å²) in [5.74, 6) is 0.442. The first-order valence-electron chi connectivity index (χ1n) is 6.70. The Bertz CT molecular complexity index is 800. The number of nitro groups is 1. The number of pyridine rings is 1. The van der Waals surface area contributed by atoms with Crippen molar-refractivity contribution in [2.75, 3.05) is 18.4 Å². The van der Waals surface area contributed by atoms with Gasteiger partial charge in [-0.2, -0.15) is 0 Å². The second-order valence-electron chi connectivity index (χ2n) is 4.76. The van der Waals surface area contributed by atoms with E-state index in [0.717, 1.165) is 16.0 Å². The van der Waals surface area contributed by atoms with Gasteiger partial charge < -0.3 is 5.32 Å². The monoisotopic (exact) mass is 356 g/mol. The molecule has 0 fully saturated rings. The highest BCUT2D eigenvalue weighted by Gasteiger charge is 2.18. The van der Waals surface area contributed by atoms with Crippen LogP contribution < -0.4 is 10.0 Å². The molecule has 10 heteroatoms. The van der Waals surface area contributed by atoms with Crippen LogP contribution in [0, 0.1) is 24.0 Å². The molecule has 0 saturated heterocycles. The quantitative estimate of drug-likeness (QED) is 0.446. The Morgan fingerprint density at radius 1 is 1.30 bits per heavy atom. The molecule has 124 valence electrons. The summed E-state index contributed by atoms with van der Waals surface area (Å²) in [5.41, 5.74) is -0.0976. The van der Waals surface area contributed by atoms with Crippen molar-refractivity contribution in [1.29, 1.82) is 0 Å². The summed E-state index contributed by atoms with van der Waals surface area (Å²) in [7, 11) is -3.53. The van der Waals surface area contributed by atoms with Gasteiger partial charge in [0.25, 0.3) is 5.69 Å². The van der Waals surface area contributed by atoms with Crippen LogP contribution in [0.1, 0.15) is 9.75 Å². The maximum absolute atomic E-state index is 12.2. The Balaban J connectivity index is 1.87. The normalized spacial score (nSPS) is 11.4. The number of sulfonamides is 1. The maximum atomic E-state index is 12.2. The molecule has 2 heterocycles. The van der Waals surface area contributed by atoms with Crippen molar-refractivity contribution in [1.82, 2.24) is 9.71 Å². The van der Waals surface area contributed by atoms with E-state index in [1.54, 1.807) is 13.0 Å². The van der Waals surface area contributed by atoms with Gasteiger partial charge in [-0.3, -0.25) is 10.1 Å². The number of rotatable bonds is 7. The lowest BCUT2D eigenvalue weighted by Crippen LogP contribution is -2.29. The average molecular weight is 356 g/mol. The Morgan fingerprint density at radius 3 is 2.57 bits per heavy atom. The second kappa shape index (κ2) is 7.02. The summed E-state index contributed by atoms with van der Waals surface area (Å²) in [4.78, 5) is 15.9. The van der Waals surface area contributed by atoms with Crippen molar-refractivity contribution in [3.05, 3.63) is 44.3 Å². The first-order valence-corrected chi connectivity index (χ1v) is 9.00. The Labute approximate surface area is 137 Å². The third kappa shape index (κ3) is 4.47. The molecular formula is C13H16N4O4S2. The zero-order chi connectivity index (χ0) is 17.0. The van der Waals surface area contributed by atoms with Crippen LogP contribution in [-0.2, 0) is 10.0 Å². The van der Waals surface area contributed by atoms with Gasteiger partial charge in [0, 0.05) is 28.9 Å². The van der Waals surface area contributed by atoms with Crippen LogP contribution >= 0.6 is 11.3 Å². The predicted octanol–water partition coefficient (Wildman–Crippen LogP) is 2.06. The van der Waals surface area contributed by atoms with Crippen LogP contribution in [0.3, 0.4) is 0 Å². The van der Waals surface area contributed by atoms with E-state index in [4.69, 9.17) is 0 Å². The summed E-state index contributed by atoms with van der Waals surface area (Å²) in [5, 5.41) is 13.4. The molecule has 0 bridgehead atoms. The summed E-state index contributed by atoms with van der Waals surface area (Å²) < 4.78 is 26.9. The molecule has 0 aromatic carbocycles. The zero-order valence-corrected chi connectivity index (χ0v) is 14.2. The van der Waals surface area contributed by atoms with Crippen molar-refractivity contribution >= 4 is 32.9 Å². The molecule has 0 spiro atoms. The van der Waals surface area contributed by atoms with Crippen LogP contribution in [-0.4, -0.2) is 31.4 Å². The van der Waals surface area contributed by atoms with Crippen LogP contribution in [0.2, 0.25) is 0 Å². The predicted molar refractivity (Wildman–Crippen MR) is 88.4 cm³/mol. The minimum absolute atomic E-state index is 0.0976. The minimum atomic E-state index is -3.53. The molecule has 0 unspecified atom stereocenters. The lowest BCUT2D eigenvalue weighted by molar-refractivity contribution is -0.385. The van der Waals surface area contributed by atoms with Gasteiger partial charge in [0.15, 0.2) is 0 Å². The SMILES string of the molecule is Cc1cc(S(=O)(=O)NCCNc2ccc([N+](=O)[O-])cn2)c(C)s1. The fourth-order valence-corrected chi connectivity index (χ4v) is 4.51. The number of hydrogen-bond donors (Lipinski definition) is 2. The number of aryl methyl sites for hydroxylation is 2. The molecule has 0 aliphatic rings. The Hall–Kier alpha value is -2.04. The molecule has 0 aliphatic carbocycles. The topological polar surface area (TPSA) is 114 Å². The summed E-state index contributed by atoms with van der Waals surface area (Å²) in [6, 6.07) is 4.45. The first kappa shape index (κ1) is 17.3. The maximum Gasteiger partial charge on any atom is 0.287 e. The minimum Gasteiger partial charge on any atom is -0.369 e. The molecule has 0 aliphatic heterocycles. The van der Waals surface area contributed by atoms with E-state index in [2.05, 4.69) is 15.0 Å².